The van der Waals surface area contributed by atoms with Gasteiger partial charge < -0.3 is 19.7 Å². The van der Waals surface area contributed by atoms with Crippen LogP contribution in [0.4, 0.5) is 15.8 Å². The van der Waals surface area contributed by atoms with Crippen LogP contribution in [0.25, 0.3) is 0 Å². The highest BCUT2D eigenvalue weighted by Gasteiger charge is 2.43. The lowest BCUT2D eigenvalue weighted by molar-refractivity contribution is -0.116. The van der Waals surface area contributed by atoms with Crippen molar-refractivity contribution >= 4 is 29.4 Å². The molecular formula is C26H30FN3O4. The Balaban J connectivity index is 1.40. The molecule has 8 heteroatoms. The quantitative estimate of drug-likeness (QED) is 0.552. The normalized spacial score (nSPS) is 18.8. The van der Waals surface area contributed by atoms with Gasteiger partial charge in [-0.1, -0.05) is 6.92 Å². The molecule has 2 aliphatic heterocycles. The first-order valence-electron chi connectivity index (χ1n) is 11.6. The summed E-state index contributed by atoms with van der Waals surface area (Å²) >= 11 is 0. The average molecular weight is 468 g/mol. The second kappa shape index (κ2) is 9.83. The maximum Gasteiger partial charge on any atom is 0.256 e. The predicted molar refractivity (Wildman–Crippen MR) is 129 cm³/mol. The fourth-order valence-electron chi connectivity index (χ4n) is 4.59. The number of ether oxygens (including phenoxy) is 2. The van der Waals surface area contributed by atoms with Crippen LogP contribution in [0.5, 0.6) is 11.5 Å². The highest BCUT2D eigenvalue weighted by molar-refractivity contribution is 6.04. The number of fused-ring (bicyclic) bond motifs is 2. The first kappa shape index (κ1) is 23.7. The Hall–Kier alpha value is -3.42. The van der Waals surface area contributed by atoms with E-state index < -0.39 is 0 Å². The minimum Gasteiger partial charge on any atom is -0.493 e. The van der Waals surface area contributed by atoms with E-state index in [-0.39, 0.29) is 36.2 Å². The number of hydrogen-bond acceptors (Lipinski definition) is 5. The standard InChI is InChI=1S/C26H30FN3O4/c1-4-26-10-6-11-30(26)25(32)19-14-22(33-3)23(15-21(19)28-16-26)34-12-5-7-24(31)29-18-8-9-20(27)17(2)13-18/h8-9,13-16H,4-7,10-12H2,1-3H3,(H,29,31)/t26-/m0/s1. The van der Waals surface area contributed by atoms with Crippen LogP contribution in [0, 0.1) is 12.7 Å². The smallest absolute Gasteiger partial charge is 0.256 e. The van der Waals surface area contributed by atoms with Crippen LogP contribution in [0.2, 0.25) is 0 Å². The van der Waals surface area contributed by atoms with E-state index in [1.165, 1.54) is 19.2 Å². The molecule has 2 amide bonds. The summed E-state index contributed by atoms with van der Waals surface area (Å²) in [5.41, 5.74) is 1.77. The van der Waals surface area contributed by atoms with Crippen molar-refractivity contribution in [1.82, 2.24) is 4.90 Å². The van der Waals surface area contributed by atoms with E-state index in [0.717, 1.165) is 25.8 Å². The first-order valence-corrected chi connectivity index (χ1v) is 11.6. The molecular weight excluding hydrogens is 437 g/mol. The zero-order chi connectivity index (χ0) is 24.3. The number of nitrogens with one attached hydrogen (secondary N) is 1. The Bertz CT molecular complexity index is 1130. The summed E-state index contributed by atoms with van der Waals surface area (Å²) < 4.78 is 24.8. The minimum atomic E-state index is -0.333. The van der Waals surface area contributed by atoms with Crippen molar-refractivity contribution in [2.24, 2.45) is 4.99 Å². The number of hydrogen-bond donors (Lipinski definition) is 1. The van der Waals surface area contributed by atoms with Crippen LogP contribution in [0.1, 0.15) is 54.9 Å². The summed E-state index contributed by atoms with van der Waals surface area (Å²) in [6, 6.07) is 7.89. The predicted octanol–water partition coefficient (Wildman–Crippen LogP) is 5.04. The van der Waals surface area contributed by atoms with E-state index in [1.807, 2.05) is 11.1 Å². The molecule has 2 aromatic carbocycles. The molecule has 0 spiro atoms. The summed E-state index contributed by atoms with van der Waals surface area (Å²) in [7, 11) is 1.53. The lowest BCUT2D eigenvalue weighted by Gasteiger charge is -2.33. The van der Waals surface area contributed by atoms with Crippen molar-refractivity contribution in [1.29, 1.82) is 0 Å². The van der Waals surface area contributed by atoms with E-state index in [2.05, 4.69) is 17.2 Å². The van der Waals surface area contributed by atoms with E-state index in [1.54, 1.807) is 25.1 Å². The van der Waals surface area contributed by atoms with E-state index in [0.29, 0.717) is 40.4 Å². The number of benzene rings is 2. The number of nitrogens with zero attached hydrogens (tertiary/aromatic N) is 2. The molecule has 2 aromatic rings. The third kappa shape index (κ3) is 4.62. The van der Waals surface area contributed by atoms with E-state index in [9.17, 15) is 14.0 Å². The Morgan fingerprint density at radius 2 is 2.09 bits per heavy atom. The van der Waals surface area contributed by atoms with Gasteiger partial charge in [-0.3, -0.25) is 14.6 Å². The van der Waals surface area contributed by atoms with Crippen molar-refractivity contribution in [3.63, 3.8) is 0 Å². The van der Waals surface area contributed by atoms with Gasteiger partial charge in [-0.25, -0.2) is 4.39 Å². The van der Waals surface area contributed by atoms with E-state index in [4.69, 9.17) is 9.47 Å². The van der Waals surface area contributed by atoms with Gasteiger partial charge in [0, 0.05) is 30.9 Å². The van der Waals surface area contributed by atoms with Crippen LogP contribution >= 0.6 is 0 Å². The summed E-state index contributed by atoms with van der Waals surface area (Å²) in [6.45, 7) is 4.73. The molecule has 7 nitrogen and oxygen atoms in total. The third-order valence-electron chi connectivity index (χ3n) is 6.59. The Morgan fingerprint density at radius 3 is 2.82 bits per heavy atom. The van der Waals surface area contributed by atoms with Crippen LogP contribution in [0.3, 0.4) is 0 Å². The molecule has 0 aromatic heterocycles. The molecule has 4 rings (SSSR count). The van der Waals surface area contributed by atoms with Crippen LogP contribution in [-0.4, -0.2) is 48.7 Å². The van der Waals surface area contributed by atoms with Crippen molar-refractivity contribution in [3.05, 3.63) is 47.3 Å². The Kier molecular flexibility index (Phi) is 6.86. The lowest BCUT2D eigenvalue weighted by Crippen LogP contribution is -2.47. The molecule has 2 aliphatic rings. The number of methoxy groups -OCH3 is 1. The molecule has 0 aliphatic carbocycles. The second-order valence-corrected chi connectivity index (χ2v) is 8.76. The zero-order valence-electron chi connectivity index (χ0n) is 19.8. The largest absolute Gasteiger partial charge is 0.493 e. The van der Waals surface area contributed by atoms with Crippen molar-refractivity contribution in [3.8, 4) is 11.5 Å². The monoisotopic (exact) mass is 467 g/mol. The topological polar surface area (TPSA) is 80.2 Å². The van der Waals surface area contributed by atoms with Crippen LogP contribution < -0.4 is 14.8 Å². The SMILES string of the molecule is CC[C@]12C=Nc3cc(OCCCC(=O)Nc4ccc(F)c(C)c4)c(OC)cc3C(=O)N1CCC2. The van der Waals surface area contributed by atoms with Gasteiger partial charge in [-0.15, -0.1) is 0 Å². The number of carbonyl (C=O) groups is 2. The number of amides is 2. The number of rotatable bonds is 8. The molecule has 180 valence electrons. The van der Waals surface area contributed by atoms with Gasteiger partial charge in [-0.2, -0.15) is 0 Å². The average Bonchev–Trinajstić information content (AvgIpc) is 3.22. The van der Waals surface area contributed by atoms with Crippen molar-refractivity contribution in [2.75, 3.05) is 25.6 Å². The lowest BCUT2D eigenvalue weighted by atomic mass is 9.94. The van der Waals surface area contributed by atoms with Gasteiger partial charge in [0.1, 0.15) is 5.82 Å². The molecule has 0 unspecified atom stereocenters. The molecule has 0 radical (unpaired) electrons. The number of anilines is 1. The molecule has 0 bridgehead atoms. The van der Waals surface area contributed by atoms with Crippen LogP contribution in [-0.2, 0) is 4.79 Å². The number of aliphatic imine (C=N–C) groups is 1. The van der Waals surface area contributed by atoms with Gasteiger partial charge in [0.15, 0.2) is 11.5 Å². The summed E-state index contributed by atoms with van der Waals surface area (Å²) in [4.78, 5) is 32.1. The fraction of sp³-hybridized carbons (Fsp3) is 0.423. The third-order valence-corrected chi connectivity index (χ3v) is 6.59. The van der Waals surface area contributed by atoms with Crippen molar-refractivity contribution < 1.29 is 23.5 Å². The number of halogens is 1. The molecule has 34 heavy (non-hydrogen) atoms. The zero-order valence-corrected chi connectivity index (χ0v) is 19.8. The minimum absolute atomic E-state index is 0.0376. The van der Waals surface area contributed by atoms with Gasteiger partial charge in [0.25, 0.3) is 5.91 Å². The Morgan fingerprint density at radius 1 is 1.26 bits per heavy atom. The number of aryl methyl sites for hydroxylation is 1. The number of carbonyl (C=O) groups excluding carboxylic acids is 2. The summed E-state index contributed by atoms with van der Waals surface area (Å²) in [6.07, 6.45) is 5.31. The van der Waals surface area contributed by atoms with Gasteiger partial charge in [0.2, 0.25) is 5.91 Å². The highest BCUT2D eigenvalue weighted by atomic mass is 19.1. The molecule has 1 saturated heterocycles. The maximum absolute atomic E-state index is 13.4. The van der Waals surface area contributed by atoms with Crippen LogP contribution in [0.15, 0.2) is 35.3 Å². The fourth-order valence-corrected chi connectivity index (χ4v) is 4.59. The molecule has 1 atom stereocenters. The van der Waals surface area contributed by atoms with Gasteiger partial charge in [0.05, 0.1) is 30.5 Å². The molecule has 1 fully saturated rings. The molecule has 0 saturated carbocycles. The maximum atomic E-state index is 13.4. The van der Waals surface area contributed by atoms with Crippen molar-refractivity contribution in [2.45, 2.75) is 51.5 Å². The Labute approximate surface area is 199 Å². The second-order valence-electron chi connectivity index (χ2n) is 8.76. The van der Waals surface area contributed by atoms with Gasteiger partial charge in [-0.05, 0) is 62.4 Å². The van der Waals surface area contributed by atoms with E-state index >= 15 is 0 Å². The molecule has 2 heterocycles. The van der Waals surface area contributed by atoms with Gasteiger partial charge >= 0.3 is 0 Å². The highest BCUT2D eigenvalue weighted by Crippen LogP contribution is 2.41. The first-order chi connectivity index (χ1) is 16.4. The molecule has 1 N–H and O–H groups in total. The summed E-state index contributed by atoms with van der Waals surface area (Å²) in [5, 5.41) is 2.77. The summed E-state index contributed by atoms with van der Waals surface area (Å²) in [5.74, 6) is 0.413.